The average molecular weight is 229 g/mol. The van der Waals surface area contributed by atoms with Crippen molar-refractivity contribution in [2.45, 2.75) is 44.6 Å². The standard InChI is InChI=1S/C10H19N3OS/c11-9(14)6-7-12-10(15)13-8-4-2-1-3-5-8/h8H,1-7H2,(H2,11,14)(H2,12,13,15). The molecule has 86 valence electrons. The van der Waals surface area contributed by atoms with E-state index >= 15 is 0 Å². The van der Waals surface area contributed by atoms with Gasteiger partial charge in [0.15, 0.2) is 5.11 Å². The molecule has 0 atom stereocenters. The largest absolute Gasteiger partial charge is 0.370 e. The fraction of sp³-hybridized carbons (Fsp3) is 0.800. The molecule has 1 aliphatic rings. The third-order valence-corrected chi connectivity index (χ3v) is 2.86. The predicted octanol–water partition coefficient (Wildman–Crippen LogP) is 0.659. The van der Waals surface area contributed by atoms with Crippen molar-refractivity contribution in [1.29, 1.82) is 0 Å². The van der Waals surface area contributed by atoms with E-state index in [0.717, 1.165) is 0 Å². The first kappa shape index (κ1) is 12.2. The molecule has 0 bridgehead atoms. The summed E-state index contributed by atoms with van der Waals surface area (Å²) >= 11 is 5.11. The number of carbonyl (C=O) groups is 1. The Morgan fingerprint density at radius 1 is 1.33 bits per heavy atom. The Labute approximate surface area is 96.0 Å². The maximum atomic E-state index is 10.5. The first-order valence-corrected chi connectivity index (χ1v) is 5.92. The molecule has 0 heterocycles. The lowest BCUT2D eigenvalue weighted by molar-refractivity contribution is -0.117. The van der Waals surface area contributed by atoms with Crippen LogP contribution in [0.4, 0.5) is 0 Å². The summed E-state index contributed by atoms with van der Waals surface area (Å²) in [5.41, 5.74) is 5.02. The Balaban J connectivity index is 2.09. The molecular weight excluding hydrogens is 210 g/mol. The molecule has 1 saturated carbocycles. The second-order valence-electron chi connectivity index (χ2n) is 3.95. The normalized spacial score (nSPS) is 17.1. The second kappa shape index (κ2) is 6.61. The zero-order chi connectivity index (χ0) is 11.1. The molecular formula is C10H19N3OS. The van der Waals surface area contributed by atoms with Crippen molar-refractivity contribution in [1.82, 2.24) is 10.6 Å². The molecule has 4 nitrogen and oxygen atoms in total. The Kier molecular flexibility index (Phi) is 5.39. The highest BCUT2D eigenvalue weighted by Gasteiger charge is 2.13. The molecule has 0 saturated heterocycles. The summed E-state index contributed by atoms with van der Waals surface area (Å²) in [4.78, 5) is 10.5. The number of carbonyl (C=O) groups excluding carboxylic acids is 1. The van der Waals surface area contributed by atoms with Gasteiger partial charge in [0, 0.05) is 19.0 Å². The first-order valence-electron chi connectivity index (χ1n) is 5.51. The number of hydrogen-bond donors (Lipinski definition) is 3. The third-order valence-electron chi connectivity index (χ3n) is 2.60. The number of nitrogens with two attached hydrogens (primary N) is 1. The lowest BCUT2D eigenvalue weighted by Crippen LogP contribution is -2.43. The average Bonchev–Trinajstić information content (AvgIpc) is 2.18. The summed E-state index contributed by atoms with van der Waals surface area (Å²) in [5, 5.41) is 6.88. The SMILES string of the molecule is NC(=O)CCNC(=S)NC1CCCCC1. The predicted molar refractivity (Wildman–Crippen MR) is 64.4 cm³/mol. The molecule has 0 aromatic carbocycles. The number of hydrogen-bond acceptors (Lipinski definition) is 2. The smallest absolute Gasteiger partial charge is 0.219 e. The fourth-order valence-corrected chi connectivity index (χ4v) is 2.05. The summed E-state index contributed by atoms with van der Waals surface area (Å²) in [6, 6.07) is 0.507. The van der Waals surface area contributed by atoms with Crippen molar-refractivity contribution in [3.8, 4) is 0 Å². The minimum Gasteiger partial charge on any atom is -0.370 e. The molecule has 4 N–H and O–H groups in total. The van der Waals surface area contributed by atoms with Crippen LogP contribution in [0.5, 0.6) is 0 Å². The van der Waals surface area contributed by atoms with Crippen LogP contribution in [0.1, 0.15) is 38.5 Å². The molecule has 1 fully saturated rings. The topological polar surface area (TPSA) is 67.2 Å². The van der Waals surface area contributed by atoms with Gasteiger partial charge in [-0.15, -0.1) is 0 Å². The number of primary amides is 1. The van der Waals surface area contributed by atoms with E-state index in [0.29, 0.717) is 24.1 Å². The van der Waals surface area contributed by atoms with Gasteiger partial charge in [-0.2, -0.15) is 0 Å². The van der Waals surface area contributed by atoms with Crippen molar-refractivity contribution >= 4 is 23.2 Å². The van der Waals surface area contributed by atoms with Crippen molar-refractivity contribution in [3.63, 3.8) is 0 Å². The van der Waals surface area contributed by atoms with E-state index in [1.54, 1.807) is 0 Å². The highest BCUT2D eigenvalue weighted by atomic mass is 32.1. The maximum Gasteiger partial charge on any atom is 0.219 e. The van der Waals surface area contributed by atoms with Gasteiger partial charge in [-0.25, -0.2) is 0 Å². The minimum atomic E-state index is -0.303. The van der Waals surface area contributed by atoms with Crippen LogP contribution in [0.3, 0.4) is 0 Å². The summed E-state index contributed by atoms with van der Waals surface area (Å²) in [7, 11) is 0. The van der Waals surface area contributed by atoms with E-state index in [1.807, 2.05) is 0 Å². The fourth-order valence-electron chi connectivity index (χ4n) is 1.78. The zero-order valence-corrected chi connectivity index (χ0v) is 9.74. The summed E-state index contributed by atoms with van der Waals surface area (Å²) in [5.74, 6) is -0.303. The highest BCUT2D eigenvalue weighted by molar-refractivity contribution is 7.80. The molecule has 0 radical (unpaired) electrons. The summed E-state index contributed by atoms with van der Waals surface area (Å²) < 4.78 is 0. The van der Waals surface area contributed by atoms with Gasteiger partial charge in [-0.1, -0.05) is 19.3 Å². The number of amides is 1. The Bertz CT molecular complexity index is 227. The summed E-state index contributed by atoms with van der Waals surface area (Å²) in [6.07, 6.45) is 6.60. The molecule has 0 aromatic heterocycles. The Morgan fingerprint density at radius 2 is 2.00 bits per heavy atom. The van der Waals surface area contributed by atoms with E-state index in [2.05, 4.69) is 10.6 Å². The lowest BCUT2D eigenvalue weighted by atomic mass is 9.96. The molecule has 0 aliphatic heterocycles. The van der Waals surface area contributed by atoms with Gasteiger partial charge < -0.3 is 16.4 Å². The molecule has 0 unspecified atom stereocenters. The monoisotopic (exact) mass is 229 g/mol. The Hall–Kier alpha value is -0.840. The first-order chi connectivity index (χ1) is 7.18. The van der Waals surface area contributed by atoms with Gasteiger partial charge in [-0.3, -0.25) is 4.79 Å². The lowest BCUT2D eigenvalue weighted by Gasteiger charge is -2.24. The molecule has 0 aromatic rings. The molecule has 1 amide bonds. The summed E-state index contributed by atoms with van der Waals surface area (Å²) in [6.45, 7) is 0.522. The highest BCUT2D eigenvalue weighted by Crippen LogP contribution is 2.17. The van der Waals surface area contributed by atoms with Crippen molar-refractivity contribution in [2.75, 3.05) is 6.54 Å². The van der Waals surface area contributed by atoms with Crippen LogP contribution in [-0.4, -0.2) is 23.6 Å². The van der Waals surface area contributed by atoms with Gasteiger partial charge in [0.1, 0.15) is 0 Å². The van der Waals surface area contributed by atoms with E-state index < -0.39 is 0 Å². The molecule has 1 aliphatic carbocycles. The van der Waals surface area contributed by atoms with Gasteiger partial charge >= 0.3 is 0 Å². The Morgan fingerprint density at radius 3 is 2.60 bits per heavy atom. The number of rotatable bonds is 4. The van der Waals surface area contributed by atoms with Crippen LogP contribution in [-0.2, 0) is 4.79 Å². The van der Waals surface area contributed by atoms with Crippen LogP contribution in [0.2, 0.25) is 0 Å². The second-order valence-corrected chi connectivity index (χ2v) is 4.36. The number of thiocarbonyl (C=S) groups is 1. The van der Waals surface area contributed by atoms with Crippen molar-refractivity contribution < 1.29 is 4.79 Å². The van der Waals surface area contributed by atoms with Gasteiger partial charge in [-0.05, 0) is 25.1 Å². The zero-order valence-electron chi connectivity index (χ0n) is 8.92. The van der Waals surface area contributed by atoms with E-state index in [4.69, 9.17) is 18.0 Å². The quantitative estimate of drug-likeness (QED) is 0.620. The molecule has 0 spiro atoms. The van der Waals surface area contributed by atoms with Crippen LogP contribution in [0.15, 0.2) is 0 Å². The van der Waals surface area contributed by atoms with E-state index in [1.165, 1.54) is 32.1 Å². The van der Waals surface area contributed by atoms with Crippen LogP contribution >= 0.6 is 12.2 Å². The van der Waals surface area contributed by atoms with Crippen LogP contribution < -0.4 is 16.4 Å². The van der Waals surface area contributed by atoms with Crippen LogP contribution in [0.25, 0.3) is 0 Å². The van der Waals surface area contributed by atoms with Crippen LogP contribution in [0, 0.1) is 0 Å². The van der Waals surface area contributed by atoms with Crippen molar-refractivity contribution in [3.05, 3.63) is 0 Å². The van der Waals surface area contributed by atoms with E-state index in [-0.39, 0.29) is 5.91 Å². The molecule has 15 heavy (non-hydrogen) atoms. The van der Waals surface area contributed by atoms with Gasteiger partial charge in [0.25, 0.3) is 0 Å². The minimum absolute atomic E-state index is 0.303. The van der Waals surface area contributed by atoms with E-state index in [9.17, 15) is 4.79 Å². The molecule has 5 heteroatoms. The maximum absolute atomic E-state index is 10.5. The number of nitrogens with one attached hydrogen (secondary N) is 2. The van der Waals surface area contributed by atoms with Gasteiger partial charge in [0.2, 0.25) is 5.91 Å². The molecule has 1 rings (SSSR count). The van der Waals surface area contributed by atoms with Gasteiger partial charge in [0.05, 0.1) is 0 Å². The third kappa shape index (κ3) is 5.57. The van der Waals surface area contributed by atoms with Crippen molar-refractivity contribution in [2.24, 2.45) is 5.73 Å².